The number of hydrogen-bond acceptors (Lipinski definition) is 8. The molecule has 3 amide bonds. The minimum atomic E-state index is -0.295. The minimum Gasteiger partial charge on any atom is -0.497 e. The average Bonchev–Trinajstić information content (AvgIpc) is 3.34. The Morgan fingerprint density at radius 3 is 2.62 bits per heavy atom. The van der Waals surface area contributed by atoms with Crippen LogP contribution in [0.15, 0.2) is 18.2 Å². The molecule has 1 aromatic heterocycles. The normalized spacial score (nSPS) is 17.0. The summed E-state index contributed by atoms with van der Waals surface area (Å²) in [4.78, 5) is 46.8. The number of fused-ring (bicyclic) bond motifs is 1. The van der Waals surface area contributed by atoms with Crippen LogP contribution in [-0.2, 0) is 19.1 Å². The number of methoxy groups -OCH3 is 1. The fraction of sp³-hybridized carbons (Fsp3) is 0.524. The molecule has 2 saturated heterocycles. The molecule has 0 spiro atoms. The van der Waals surface area contributed by atoms with Gasteiger partial charge in [0.1, 0.15) is 12.3 Å². The van der Waals surface area contributed by atoms with Gasteiger partial charge >= 0.3 is 0 Å². The van der Waals surface area contributed by atoms with Crippen molar-refractivity contribution in [2.24, 2.45) is 0 Å². The second-order valence-corrected chi connectivity index (χ2v) is 8.57. The highest BCUT2D eigenvalue weighted by Crippen LogP contribution is 2.32. The average molecular weight is 483 g/mol. The van der Waals surface area contributed by atoms with Gasteiger partial charge in [-0.25, -0.2) is 4.98 Å². The van der Waals surface area contributed by atoms with Crippen LogP contribution in [0.1, 0.15) is 19.3 Å². The Morgan fingerprint density at radius 1 is 1.22 bits per heavy atom. The molecule has 32 heavy (non-hydrogen) atoms. The Balaban J connectivity index is 0.00000289. The lowest BCUT2D eigenvalue weighted by atomic mass is 10.3. The number of ether oxygens (including phenoxy) is 2. The minimum absolute atomic E-state index is 0. The first kappa shape index (κ1) is 24.4. The van der Waals surface area contributed by atoms with Gasteiger partial charge in [0.15, 0.2) is 5.13 Å². The van der Waals surface area contributed by atoms with Crippen LogP contribution >= 0.6 is 23.7 Å². The van der Waals surface area contributed by atoms with Crippen LogP contribution in [0, 0.1) is 0 Å². The summed E-state index contributed by atoms with van der Waals surface area (Å²) < 4.78 is 11.6. The van der Waals surface area contributed by atoms with Crippen LogP contribution in [0.4, 0.5) is 5.13 Å². The zero-order chi connectivity index (χ0) is 21.8. The molecule has 1 aromatic carbocycles. The first-order valence-corrected chi connectivity index (χ1v) is 11.2. The van der Waals surface area contributed by atoms with E-state index in [1.807, 2.05) is 18.2 Å². The van der Waals surface area contributed by atoms with Crippen molar-refractivity contribution in [1.82, 2.24) is 14.8 Å². The molecule has 2 aromatic rings. The summed E-state index contributed by atoms with van der Waals surface area (Å²) in [6.45, 7) is 4.27. The van der Waals surface area contributed by atoms with Crippen LogP contribution in [0.3, 0.4) is 0 Å². The van der Waals surface area contributed by atoms with E-state index in [1.54, 1.807) is 12.0 Å². The van der Waals surface area contributed by atoms with Crippen molar-refractivity contribution in [2.75, 3.05) is 57.9 Å². The van der Waals surface area contributed by atoms with Crippen molar-refractivity contribution in [1.29, 1.82) is 0 Å². The third-order valence-corrected chi connectivity index (χ3v) is 6.57. The zero-order valence-electron chi connectivity index (χ0n) is 17.9. The number of carbonyl (C=O) groups excluding carboxylic acids is 3. The van der Waals surface area contributed by atoms with Crippen molar-refractivity contribution in [3.8, 4) is 5.75 Å². The highest BCUT2D eigenvalue weighted by atomic mass is 35.5. The maximum atomic E-state index is 13.2. The zero-order valence-corrected chi connectivity index (χ0v) is 19.6. The molecular weight excluding hydrogens is 456 g/mol. The third kappa shape index (κ3) is 5.55. The van der Waals surface area contributed by atoms with E-state index in [2.05, 4.69) is 9.88 Å². The van der Waals surface area contributed by atoms with E-state index in [-0.39, 0.29) is 49.5 Å². The first-order valence-electron chi connectivity index (χ1n) is 10.4. The number of nitrogens with zero attached hydrogens (tertiary/aromatic N) is 4. The van der Waals surface area contributed by atoms with Gasteiger partial charge in [0, 0.05) is 39.0 Å². The van der Waals surface area contributed by atoms with Crippen LogP contribution in [0.25, 0.3) is 10.2 Å². The smallest absolute Gasteiger partial charge is 0.248 e. The Hall–Kier alpha value is -2.27. The number of rotatable bonds is 8. The number of anilines is 1. The number of imide groups is 1. The Labute approximate surface area is 196 Å². The molecule has 9 nitrogen and oxygen atoms in total. The predicted molar refractivity (Wildman–Crippen MR) is 124 cm³/mol. The number of aromatic nitrogens is 1. The summed E-state index contributed by atoms with van der Waals surface area (Å²) in [7, 11) is 1.61. The maximum Gasteiger partial charge on any atom is 0.248 e. The summed E-state index contributed by atoms with van der Waals surface area (Å²) in [5, 5.41) is 0.564. The fourth-order valence-corrected chi connectivity index (χ4v) is 4.80. The number of thiazole rings is 1. The van der Waals surface area contributed by atoms with Crippen molar-refractivity contribution < 1.29 is 23.9 Å². The monoisotopic (exact) mass is 482 g/mol. The van der Waals surface area contributed by atoms with Gasteiger partial charge in [-0.1, -0.05) is 11.3 Å². The molecular formula is C21H27ClN4O5S. The van der Waals surface area contributed by atoms with Crippen molar-refractivity contribution in [3.63, 3.8) is 0 Å². The molecule has 4 rings (SSSR count). The number of morpholine rings is 1. The summed E-state index contributed by atoms with van der Waals surface area (Å²) in [5.41, 5.74) is 0.778. The Morgan fingerprint density at radius 2 is 1.94 bits per heavy atom. The number of halogens is 1. The molecule has 0 saturated carbocycles. The quantitative estimate of drug-likeness (QED) is 0.531. The molecule has 2 fully saturated rings. The van der Waals surface area contributed by atoms with E-state index in [9.17, 15) is 14.4 Å². The van der Waals surface area contributed by atoms with E-state index in [1.165, 1.54) is 11.3 Å². The van der Waals surface area contributed by atoms with Gasteiger partial charge in [-0.3, -0.25) is 29.1 Å². The van der Waals surface area contributed by atoms with Gasteiger partial charge < -0.3 is 9.47 Å². The Kier molecular flexibility index (Phi) is 8.41. The predicted octanol–water partition coefficient (Wildman–Crippen LogP) is 1.93. The number of benzene rings is 1. The van der Waals surface area contributed by atoms with Gasteiger partial charge in [-0.2, -0.15) is 0 Å². The van der Waals surface area contributed by atoms with Crippen molar-refractivity contribution in [2.45, 2.75) is 19.3 Å². The van der Waals surface area contributed by atoms with E-state index in [4.69, 9.17) is 9.47 Å². The molecule has 0 radical (unpaired) electrons. The van der Waals surface area contributed by atoms with Gasteiger partial charge in [-0.05, 0) is 24.6 Å². The maximum absolute atomic E-state index is 13.2. The van der Waals surface area contributed by atoms with Crippen LogP contribution in [0.5, 0.6) is 5.75 Å². The first-order chi connectivity index (χ1) is 15.0. The number of hydrogen-bond donors (Lipinski definition) is 0. The highest BCUT2D eigenvalue weighted by Gasteiger charge is 2.32. The topological polar surface area (TPSA) is 92.3 Å². The summed E-state index contributed by atoms with van der Waals surface area (Å²) in [6, 6.07) is 5.58. The van der Waals surface area contributed by atoms with E-state index < -0.39 is 0 Å². The van der Waals surface area contributed by atoms with Gasteiger partial charge in [0.05, 0.1) is 30.5 Å². The number of amides is 3. The lowest BCUT2D eigenvalue weighted by Gasteiger charge is -2.28. The molecule has 0 bridgehead atoms. The molecule has 174 valence electrons. The fourth-order valence-electron chi connectivity index (χ4n) is 3.76. The van der Waals surface area contributed by atoms with E-state index >= 15 is 0 Å². The van der Waals surface area contributed by atoms with E-state index in [0.717, 1.165) is 60.1 Å². The largest absolute Gasteiger partial charge is 0.497 e. The second kappa shape index (κ2) is 11.0. The SMILES string of the molecule is COc1ccc2nc(N(CCCN3CCOCC3)C(=O)CN3C(=O)CCC3=O)sc2c1.Cl. The molecule has 0 unspecified atom stereocenters. The summed E-state index contributed by atoms with van der Waals surface area (Å²) in [5.74, 6) is -0.154. The molecule has 11 heteroatoms. The number of carbonyl (C=O) groups is 3. The molecule has 0 N–H and O–H groups in total. The van der Waals surface area contributed by atoms with Crippen molar-refractivity contribution >= 4 is 56.8 Å². The molecule has 2 aliphatic rings. The van der Waals surface area contributed by atoms with Crippen LogP contribution < -0.4 is 9.64 Å². The van der Waals surface area contributed by atoms with Crippen LogP contribution in [-0.4, -0.2) is 85.6 Å². The number of likely N-dealkylation sites (tertiary alicyclic amines) is 1. The molecule has 0 aliphatic carbocycles. The second-order valence-electron chi connectivity index (χ2n) is 7.56. The summed E-state index contributed by atoms with van der Waals surface area (Å²) in [6.07, 6.45) is 1.10. The van der Waals surface area contributed by atoms with Gasteiger partial charge in [0.25, 0.3) is 0 Å². The lowest BCUT2D eigenvalue weighted by Crippen LogP contribution is -2.44. The molecule has 2 aliphatic heterocycles. The Bertz CT molecular complexity index is 962. The molecule has 0 atom stereocenters. The summed E-state index contributed by atoms with van der Waals surface area (Å²) >= 11 is 1.40. The highest BCUT2D eigenvalue weighted by molar-refractivity contribution is 7.22. The van der Waals surface area contributed by atoms with Crippen LogP contribution in [0.2, 0.25) is 0 Å². The standard InChI is InChI=1S/C21H26N4O5S.ClH/c1-29-15-3-4-16-17(13-15)31-21(22-16)24(8-2-7-23-9-11-30-12-10-23)20(28)14-25-18(26)5-6-19(25)27;/h3-4,13H,2,5-12,14H2,1H3;1H. The van der Waals surface area contributed by atoms with Crippen molar-refractivity contribution in [3.05, 3.63) is 18.2 Å². The van der Waals surface area contributed by atoms with E-state index in [0.29, 0.717) is 11.7 Å². The van der Waals surface area contributed by atoms with Gasteiger partial charge in [0.2, 0.25) is 17.7 Å². The van der Waals surface area contributed by atoms with Gasteiger partial charge in [-0.15, -0.1) is 12.4 Å². The lowest BCUT2D eigenvalue weighted by molar-refractivity contribution is -0.141. The molecule has 3 heterocycles. The third-order valence-electron chi connectivity index (χ3n) is 5.52.